The molecule has 0 saturated carbocycles. The number of pyridine rings is 1. The first-order valence-corrected chi connectivity index (χ1v) is 5.38. The van der Waals surface area contributed by atoms with Crippen LogP contribution in [0.5, 0.6) is 0 Å². The average molecular weight is 403 g/mol. The van der Waals surface area contributed by atoms with Crippen molar-refractivity contribution in [3.8, 4) is 0 Å². The Balaban J connectivity index is 2.37. The quantitative estimate of drug-likeness (QED) is 0.708. The summed E-state index contributed by atoms with van der Waals surface area (Å²) in [6, 6.07) is 4.83. The van der Waals surface area contributed by atoms with E-state index in [4.69, 9.17) is 0 Å². The molecule has 0 saturated heterocycles. The predicted molar refractivity (Wildman–Crippen MR) is 44.4 cm³/mol. The van der Waals surface area contributed by atoms with Crippen LogP contribution in [-0.2, 0) is 18.6 Å². The Hall–Kier alpha value is -1.15. The Morgan fingerprint density at radius 3 is 2.50 bits per heavy atom. The van der Waals surface area contributed by atoms with Gasteiger partial charge in [0, 0.05) is 0 Å². The molecule has 0 N–H and O–H groups in total. The molecule has 4 nitrogen and oxygen atoms in total. The summed E-state index contributed by atoms with van der Waals surface area (Å²) in [4.78, 5) is 7.33. The SMILES string of the molecule is FC(F)(F)[C]1([Os])N=NC(c2ccccn2)=N1. The zero-order valence-corrected chi connectivity index (χ0v) is 10.1. The Morgan fingerprint density at radius 2 is 2.00 bits per heavy atom. The molecule has 16 heavy (non-hydrogen) atoms. The molecular formula is C8H4F3N4Os. The number of amidine groups is 1. The molecule has 2 heterocycles. The predicted octanol–water partition coefficient (Wildman–Crippen LogP) is 2.06. The number of aliphatic imine (C=N–C) groups is 1. The van der Waals surface area contributed by atoms with Crippen molar-refractivity contribution < 1.29 is 31.8 Å². The molecule has 0 fully saturated rings. The van der Waals surface area contributed by atoms with Gasteiger partial charge >= 0.3 is 98.3 Å². The van der Waals surface area contributed by atoms with Crippen LogP contribution in [0.1, 0.15) is 5.69 Å². The monoisotopic (exact) mass is 405 g/mol. The standard InChI is InChI=1S/C8H4F3N4.Os/c9-8(10,11)7-13-6(14-15-7)5-3-1-2-4-12-5;/h1-4H;. The van der Waals surface area contributed by atoms with Crippen LogP contribution in [0.15, 0.2) is 39.6 Å². The first-order chi connectivity index (χ1) is 7.42. The van der Waals surface area contributed by atoms with Gasteiger partial charge in [-0.3, -0.25) is 0 Å². The van der Waals surface area contributed by atoms with E-state index in [0.29, 0.717) is 18.6 Å². The van der Waals surface area contributed by atoms with Crippen LogP contribution < -0.4 is 0 Å². The van der Waals surface area contributed by atoms with Crippen molar-refractivity contribution in [2.45, 2.75) is 10.4 Å². The van der Waals surface area contributed by atoms with Gasteiger partial charge in [0.2, 0.25) is 0 Å². The summed E-state index contributed by atoms with van der Waals surface area (Å²) in [5.74, 6) is -0.0899. The number of alkyl halides is 3. The van der Waals surface area contributed by atoms with Gasteiger partial charge in [-0.25, -0.2) is 0 Å². The number of aromatic nitrogens is 1. The summed E-state index contributed by atoms with van der Waals surface area (Å²) < 4.78 is 35.2. The first kappa shape index (κ1) is 11.3. The molecule has 1 aromatic rings. The summed E-state index contributed by atoms with van der Waals surface area (Å²) in [5.41, 5.74) is 0.282. The second kappa shape index (κ2) is 3.70. The second-order valence-corrected chi connectivity index (χ2v) is 4.69. The molecule has 0 aromatic carbocycles. The molecule has 0 amide bonds. The molecule has 1 aromatic heterocycles. The molecule has 0 bridgehead atoms. The van der Waals surface area contributed by atoms with Gasteiger partial charge in [0.25, 0.3) is 0 Å². The molecular weight excluding hydrogens is 399 g/mol. The van der Waals surface area contributed by atoms with Crippen LogP contribution in [0.2, 0.25) is 0 Å². The van der Waals surface area contributed by atoms with E-state index in [1.807, 2.05) is 0 Å². The number of rotatable bonds is 1. The van der Waals surface area contributed by atoms with Crippen molar-refractivity contribution >= 4 is 5.84 Å². The van der Waals surface area contributed by atoms with Crippen molar-refractivity contribution in [1.82, 2.24) is 4.98 Å². The van der Waals surface area contributed by atoms with E-state index < -0.39 is 10.4 Å². The molecule has 1 unspecified atom stereocenters. The molecule has 0 aliphatic carbocycles. The van der Waals surface area contributed by atoms with E-state index in [-0.39, 0.29) is 11.5 Å². The number of hydrogen-bond donors (Lipinski definition) is 0. The van der Waals surface area contributed by atoms with Crippen molar-refractivity contribution in [3.63, 3.8) is 0 Å². The second-order valence-electron chi connectivity index (χ2n) is 2.92. The Kier molecular flexibility index (Phi) is 2.62. The molecule has 2 rings (SSSR count). The Labute approximate surface area is 98.6 Å². The number of halogens is 3. The van der Waals surface area contributed by atoms with Crippen molar-refractivity contribution in [3.05, 3.63) is 30.1 Å². The number of azo groups is 1. The van der Waals surface area contributed by atoms with Crippen LogP contribution in [0.25, 0.3) is 0 Å². The van der Waals surface area contributed by atoms with E-state index in [1.54, 1.807) is 12.1 Å². The summed E-state index contributed by atoms with van der Waals surface area (Å²) in [7, 11) is 0. The fourth-order valence-corrected chi connectivity index (χ4v) is 1.41. The van der Waals surface area contributed by atoms with Gasteiger partial charge in [-0.1, -0.05) is 0 Å². The summed E-state index contributed by atoms with van der Waals surface area (Å²) in [5, 5.41) is 6.59. The van der Waals surface area contributed by atoms with Crippen molar-refractivity contribution in [2.75, 3.05) is 0 Å². The maximum absolute atomic E-state index is 12.6. The zero-order chi connectivity index (χ0) is 11.8. The zero-order valence-electron chi connectivity index (χ0n) is 7.59. The topological polar surface area (TPSA) is 50.0 Å². The molecule has 1 atom stereocenters. The fraction of sp³-hybridized carbons (Fsp3) is 0.250. The normalized spacial score (nSPS) is 24.6. The Bertz CT molecular complexity index is 456. The molecule has 8 heteroatoms. The molecule has 1 aliphatic heterocycles. The third-order valence-corrected chi connectivity index (χ3v) is 3.03. The molecule has 85 valence electrons. The third kappa shape index (κ3) is 1.89. The van der Waals surface area contributed by atoms with Gasteiger partial charge < -0.3 is 0 Å². The Morgan fingerprint density at radius 1 is 1.25 bits per heavy atom. The number of nitrogens with zero attached hydrogens (tertiary/aromatic N) is 4. The summed E-state index contributed by atoms with van der Waals surface area (Å²) in [6.07, 6.45) is -3.08. The van der Waals surface area contributed by atoms with E-state index in [9.17, 15) is 13.2 Å². The van der Waals surface area contributed by atoms with E-state index >= 15 is 0 Å². The molecule has 1 aliphatic rings. The van der Waals surface area contributed by atoms with Crippen LogP contribution in [0, 0.1) is 0 Å². The third-order valence-electron chi connectivity index (χ3n) is 1.77. The van der Waals surface area contributed by atoms with Crippen LogP contribution in [-0.4, -0.2) is 21.2 Å². The maximum atomic E-state index is 12.6. The van der Waals surface area contributed by atoms with E-state index in [1.165, 1.54) is 12.3 Å². The minimum atomic E-state index is -4.54. The number of hydrogen-bond acceptors (Lipinski definition) is 4. The van der Waals surface area contributed by atoms with Gasteiger partial charge in [-0.15, -0.1) is 0 Å². The molecule has 0 radical (unpaired) electrons. The fourth-order valence-electron chi connectivity index (χ4n) is 1.02. The average Bonchev–Trinajstić information content (AvgIpc) is 2.63. The van der Waals surface area contributed by atoms with Gasteiger partial charge in [0.05, 0.1) is 0 Å². The van der Waals surface area contributed by atoms with Crippen LogP contribution in [0.4, 0.5) is 13.2 Å². The van der Waals surface area contributed by atoms with Crippen molar-refractivity contribution in [1.29, 1.82) is 0 Å². The molecule has 0 spiro atoms. The minimum absolute atomic E-state index is 0.0899. The van der Waals surface area contributed by atoms with Gasteiger partial charge in [0.1, 0.15) is 0 Å². The van der Waals surface area contributed by atoms with E-state index in [0.717, 1.165) is 0 Å². The van der Waals surface area contributed by atoms with E-state index in [2.05, 4.69) is 20.2 Å². The van der Waals surface area contributed by atoms with Gasteiger partial charge in [0.15, 0.2) is 0 Å². The summed E-state index contributed by atoms with van der Waals surface area (Å²) >= 11 is 0.640. The first-order valence-electron chi connectivity index (χ1n) is 4.11. The summed E-state index contributed by atoms with van der Waals surface area (Å²) in [6.45, 7) is 0. The van der Waals surface area contributed by atoms with Crippen molar-refractivity contribution in [2.24, 2.45) is 15.2 Å². The van der Waals surface area contributed by atoms with Gasteiger partial charge in [-0.05, 0) is 0 Å². The van der Waals surface area contributed by atoms with Crippen LogP contribution >= 0.6 is 0 Å². The van der Waals surface area contributed by atoms with Gasteiger partial charge in [-0.2, -0.15) is 0 Å². The van der Waals surface area contributed by atoms with Crippen LogP contribution in [0.3, 0.4) is 0 Å².